The van der Waals surface area contributed by atoms with Crippen molar-refractivity contribution in [2.45, 2.75) is 32.6 Å². The van der Waals surface area contributed by atoms with E-state index in [4.69, 9.17) is 4.98 Å². The molecule has 2 atom stereocenters. The summed E-state index contributed by atoms with van der Waals surface area (Å²) in [6.45, 7) is 4.57. The van der Waals surface area contributed by atoms with Gasteiger partial charge in [-0.1, -0.05) is 62.4 Å². The highest BCUT2D eigenvalue weighted by Crippen LogP contribution is 2.37. The molecule has 2 aliphatic carbocycles. The van der Waals surface area contributed by atoms with Gasteiger partial charge in [-0.05, 0) is 30.9 Å². The molecule has 0 N–H and O–H groups in total. The Hall–Kier alpha value is -2.35. The van der Waals surface area contributed by atoms with Gasteiger partial charge in [0.05, 0.1) is 11.4 Å². The van der Waals surface area contributed by atoms with Crippen LogP contribution >= 0.6 is 0 Å². The molecule has 116 valence electrons. The molecule has 1 heterocycles. The topological polar surface area (TPSA) is 17.8 Å². The van der Waals surface area contributed by atoms with Gasteiger partial charge < -0.3 is 0 Å². The van der Waals surface area contributed by atoms with Crippen LogP contribution in [0.2, 0.25) is 0 Å². The fourth-order valence-electron chi connectivity index (χ4n) is 3.55. The van der Waals surface area contributed by atoms with Crippen molar-refractivity contribution in [1.82, 2.24) is 9.55 Å². The predicted molar refractivity (Wildman–Crippen MR) is 96.9 cm³/mol. The Labute approximate surface area is 137 Å². The lowest BCUT2D eigenvalue weighted by Crippen LogP contribution is -2.10. The fraction of sp³-hybridized carbons (Fsp3) is 0.286. The zero-order valence-electron chi connectivity index (χ0n) is 13.7. The number of imidazole rings is 1. The summed E-state index contributed by atoms with van der Waals surface area (Å²) in [5, 5.41) is 0. The SMILES string of the molecule is CC1C=C(n2c(-c3ccccc3)nc3c2C(C)CC=C3)C=CC1. The molecule has 0 saturated carbocycles. The lowest BCUT2D eigenvalue weighted by molar-refractivity contribution is 0.707. The maximum absolute atomic E-state index is 4.97. The van der Waals surface area contributed by atoms with E-state index in [1.54, 1.807) is 0 Å². The minimum absolute atomic E-state index is 0.492. The Kier molecular flexibility index (Phi) is 3.53. The third-order valence-electron chi connectivity index (χ3n) is 4.72. The molecular formula is C21H22N2. The van der Waals surface area contributed by atoms with Gasteiger partial charge in [0, 0.05) is 17.2 Å². The summed E-state index contributed by atoms with van der Waals surface area (Å²) in [5.41, 5.74) is 4.90. The van der Waals surface area contributed by atoms with E-state index < -0.39 is 0 Å². The van der Waals surface area contributed by atoms with Crippen LogP contribution in [-0.2, 0) is 0 Å². The average Bonchev–Trinajstić information content (AvgIpc) is 2.97. The van der Waals surface area contributed by atoms with Crippen molar-refractivity contribution >= 4 is 11.8 Å². The molecule has 0 aliphatic heterocycles. The van der Waals surface area contributed by atoms with E-state index in [-0.39, 0.29) is 0 Å². The second kappa shape index (κ2) is 5.69. The van der Waals surface area contributed by atoms with Gasteiger partial charge in [-0.3, -0.25) is 4.57 Å². The van der Waals surface area contributed by atoms with Crippen LogP contribution in [0.3, 0.4) is 0 Å². The van der Waals surface area contributed by atoms with Gasteiger partial charge >= 0.3 is 0 Å². The van der Waals surface area contributed by atoms with Crippen LogP contribution in [0.4, 0.5) is 0 Å². The van der Waals surface area contributed by atoms with E-state index in [1.165, 1.54) is 17.0 Å². The van der Waals surface area contributed by atoms with E-state index in [0.29, 0.717) is 11.8 Å². The Bertz CT molecular complexity index is 806. The van der Waals surface area contributed by atoms with Crippen molar-refractivity contribution in [2.24, 2.45) is 5.92 Å². The summed E-state index contributed by atoms with van der Waals surface area (Å²) in [4.78, 5) is 4.97. The first-order chi connectivity index (χ1) is 11.2. The highest BCUT2D eigenvalue weighted by molar-refractivity contribution is 5.72. The Morgan fingerprint density at radius 2 is 1.78 bits per heavy atom. The van der Waals surface area contributed by atoms with E-state index in [1.807, 2.05) is 0 Å². The fourth-order valence-corrected chi connectivity index (χ4v) is 3.55. The van der Waals surface area contributed by atoms with Gasteiger partial charge in [0.2, 0.25) is 0 Å². The molecule has 0 saturated heterocycles. The van der Waals surface area contributed by atoms with Crippen LogP contribution in [-0.4, -0.2) is 9.55 Å². The first-order valence-electron chi connectivity index (χ1n) is 8.47. The largest absolute Gasteiger partial charge is 0.296 e. The molecule has 4 rings (SSSR count). The molecule has 0 amide bonds. The maximum atomic E-state index is 4.97. The third-order valence-corrected chi connectivity index (χ3v) is 4.72. The summed E-state index contributed by atoms with van der Waals surface area (Å²) in [6.07, 6.45) is 13.5. The van der Waals surface area contributed by atoms with Crippen LogP contribution in [0.1, 0.15) is 44.0 Å². The van der Waals surface area contributed by atoms with E-state index in [0.717, 1.165) is 24.4 Å². The van der Waals surface area contributed by atoms with Crippen molar-refractivity contribution < 1.29 is 0 Å². The Morgan fingerprint density at radius 1 is 1.00 bits per heavy atom. The second-order valence-electron chi connectivity index (χ2n) is 6.65. The van der Waals surface area contributed by atoms with Gasteiger partial charge in [-0.15, -0.1) is 0 Å². The molecule has 2 aliphatic rings. The van der Waals surface area contributed by atoms with Crippen molar-refractivity contribution in [1.29, 1.82) is 0 Å². The van der Waals surface area contributed by atoms with Crippen LogP contribution < -0.4 is 0 Å². The molecule has 0 radical (unpaired) electrons. The van der Waals surface area contributed by atoms with Crippen LogP contribution in [0.25, 0.3) is 23.2 Å². The molecule has 1 aromatic carbocycles. The average molecular weight is 302 g/mol. The van der Waals surface area contributed by atoms with Gasteiger partial charge in [-0.25, -0.2) is 4.98 Å². The Morgan fingerprint density at radius 3 is 2.57 bits per heavy atom. The van der Waals surface area contributed by atoms with Crippen molar-refractivity contribution in [3.63, 3.8) is 0 Å². The number of aromatic nitrogens is 2. The molecular weight excluding hydrogens is 280 g/mol. The van der Waals surface area contributed by atoms with Gasteiger partial charge in [0.25, 0.3) is 0 Å². The normalized spacial score (nSPS) is 22.8. The summed E-state index contributed by atoms with van der Waals surface area (Å²) < 4.78 is 2.38. The standard InChI is InChI=1S/C21H22N2/c1-15-8-6-12-18(14-15)23-20-16(2)9-7-13-19(20)22-21(23)17-10-4-3-5-11-17/h3-7,10-16H,8-9H2,1-2H3. The number of fused-ring (bicyclic) bond motifs is 1. The molecule has 0 fully saturated rings. The summed E-state index contributed by atoms with van der Waals surface area (Å²) in [5.74, 6) is 2.12. The monoisotopic (exact) mass is 302 g/mol. The minimum atomic E-state index is 0.492. The molecule has 23 heavy (non-hydrogen) atoms. The first-order valence-corrected chi connectivity index (χ1v) is 8.47. The number of nitrogens with zero attached hydrogens (tertiary/aromatic N) is 2. The lowest BCUT2D eigenvalue weighted by atomic mass is 9.95. The number of rotatable bonds is 2. The molecule has 2 heteroatoms. The van der Waals surface area contributed by atoms with Gasteiger partial charge in [0.15, 0.2) is 0 Å². The molecule has 0 spiro atoms. The minimum Gasteiger partial charge on any atom is -0.296 e. The number of benzene rings is 1. The molecule has 2 aromatic rings. The Balaban J connectivity index is 1.97. The van der Waals surface area contributed by atoms with Gasteiger partial charge in [-0.2, -0.15) is 0 Å². The molecule has 1 aromatic heterocycles. The van der Waals surface area contributed by atoms with Crippen LogP contribution in [0.5, 0.6) is 0 Å². The second-order valence-corrected chi connectivity index (χ2v) is 6.65. The highest BCUT2D eigenvalue weighted by atomic mass is 15.1. The number of hydrogen-bond donors (Lipinski definition) is 0. The quantitative estimate of drug-likeness (QED) is 0.715. The smallest absolute Gasteiger partial charge is 0.145 e. The summed E-state index contributed by atoms with van der Waals surface area (Å²) in [7, 11) is 0. The number of hydrogen-bond acceptors (Lipinski definition) is 1. The molecule has 2 unspecified atom stereocenters. The zero-order chi connectivity index (χ0) is 15.8. The summed E-state index contributed by atoms with van der Waals surface area (Å²) >= 11 is 0. The molecule has 0 bridgehead atoms. The van der Waals surface area contributed by atoms with E-state index >= 15 is 0 Å². The number of allylic oxidation sites excluding steroid dienone is 5. The van der Waals surface area contributed by atoms with Crippen LogP contribution in [0.15, 0.2) is 54.6 Å². The van der Waals surface area contributed by atoms with E-state index in [9.17, 15) is 0 Å². The zero-order valence-corrected chi connectivity index (χ0v) is 13.7. The predicted octanol–water partition coefficient (Wildman–Crippen LogP) is 5.51. The van der Waals surface area contributed by atoms with Crippen LogP contribution in [0, 0.1) is 5.92 Å². The highest BCUT2D eigenvalue weighted by Gasteiger charge is 2.25. The van der Waals surface area contributed by atoms with Crippen molar-refractivity contribution in [3.05, 3.63) is 66.0 Å². The maximum Gasteiger partial charge on any atom is 0.145 e. The third kappa shape index (κ3) is 2.48. The molecule has 2 nitrogen and oxygen atoms in total. The lowest BCUT2D eigenvalue weighted by Gasteiger charge is -2.22. The van der Waals surface area contributed by atoms with Crippen molar-refractivity contribution in [2.75, 3.05) is 0 Å². The first kappa shape index (κ1) is 14.3. The van der Waals surface area contributed by atoms with Gasteiger partial charge in [0.1, 0.15) is 5.82 Å². The van der Waals surface area contributed by atoms with E-state index in [2.05, 4.69) is 79.1 Å². The van der Waals surface area contributed by atoms with Crippen molar-refractivity contribution in [3.8, 4) is 11.4 Å². The summed E-state index contributed by atoms with van der Waals surface area (Å²) in [6, 6.07) is 10.5.